The molecule has 21 heavy (non-hydrogen) atoms. The van der Waals surface area contributed by atoms with Crippen molar-refractivity contribution in [3.05, 3.63) is 52.9 Å². The molecule has 114 valence electrons. The Balaban J connectivity index is 2.11. The van der Waals surface area contributed by atoms with Gasteiger partial charge >= 0.3 is 0 Å². The molecule has 0 heterocycles. The van der Waals surface area contributed by atoms with Gasteiger partial charge in [0.15, 0.2) is 0 Å². The smallest absolute Gasteiger partial charge is 0.131 e. The fraction of sp³-hybridized carbons (Fsp3) is 0.474. The summed E-state index contributed by atoms with van der Waals surface area (Å²) in [5.74, 6) is -0.0834. The summed E-state index contributed by atoms with van der Waals surface area (Å²) >= 11 is 0. The average Bonchev–Trinajstić information content (AvgIpc) is 2.47. The quantitative estimate of drug-likeness (QED) is 0.705. The predicted octanol–water partition coefficient (Wildman–Crippen LogP) is 4.88. The topological polar surface area (TPSA) is 12.0 Å². The predicted molar refractivity (Wildman–Crippen MR) is 88.8 cm³/mol. The first kappa shape index (κ1) is 16.0. The lowest BCUT2D eigenvalue weighted by Gasteiger charge is -2.16. The van der Waals surface area contributed by atoms with Crippen molar-refractivity contribution >= 4 is 5.57 Å². The molecule has 0 bridgehead atoms. The minimum atomic E-state index is -0.0834. The van der Waals surface area contributed by atoms with E-state index in [0.29, 0.717) is 0 Å². The molecule has 1 aliphatic rings. The van der Waals surface area contributed by atoms with Gasteiger partial charge in [-0.2, -0.15) is 0 Å². The van der Waals surface area contributed by atoms with E-state index in [0.717, 1.165) is 48.9 Å². The van der Waals surface area contributed by atoms with Crippen molar-refractivity contribution < 1.29 is 4.39 Å². The van der Waals surface area contributed by atoms with E-state index in [2.05, 4.69) is 30.5 Å². The van der Waals surface area contributed by atoms with E-state index in [9.17, 15) is 4.39 Å². The highest BCUT2D eigenvalue weighted by molar-refractivity contribution is 5.77. The van der Waals surface area contributed by atoms with Crippen LogP contribution in [0.15, 0.2) is 35.9 Å². The third-order valence-corrected chi connectivity index (χ3v) is 4.07. The van der Waals surface area contributed by atoms with E-state index in [4.69, 9.17) is 0 Å². The van der Waals surface area contributed by atoms with Crippen LogP contribution in [0.25, 0.3) is 5.57 Å². The Labute approximate surface area is 128 Å². The summed E-state index contributed by atoms with van der Waals surface area (Å²) < 4.78 is 14.3. The zero-order valence-corrected chi connectivity index (χ0v) is 13.2. The van der Waals surface area contributed by atoms with E-state index >= 15 is 0 Å². The lowest BCUT2D eigenvalue weighted by Crippen LogP contribution is -2.07. The SMILES string of the molecule is CNCCCCCc1cccc(F)c1C1=CCCC(C)=C1. The van der Waals surface area contributed by atoms with Crippen LogP contribution in [0.5, 0.6) is 0 Å². The molecular weight excluding hydrogens is 261 g/mol. The van der Waals surface area contributed by atoms with Gasteiger partial charge in [0.25, 0.3) is 0 Å². The maximum absolute atomic E-state index is 14.3. The summed E-state index contributed by atoms with van der Waals surface area (Å²) in [6.45, 7) is 3.19. The second-order valence-corrected chi connectivity index (χ2v) is 5.88. The molecule has 0 fully saturated rings. The minimum Gasteiger partial charge on any atom is -0.320 e. The first-order chi connectivity index (χ1) is 10.2. The minimum absolute atomic E-state index is 0.0834. The van der Waals surface area contributed by atoms with Crippen LogP contribution in [0, 0.1) is 5.82 Å². The van der Waals surface area contributed by atoms with Crippen molar-refractivity contribution in [2.75, 3.05) is 13.6 Å². The van der Waals surface area contributed by atoms with Gasteiger partial charge in [-0.05, 0) is 69.8 Å². The number of hydrogen-bond donors (Lipinski definition) is 1. The maximum atomic E-state index is 14.3. The Hall–Kier alpha value is -1.41. The van der Waals surface area contributed by atoms with Crippen molar-refractivity contribution in [3.63, 3.8) is 0 Å². The van der Waals surface area contributed by atoms with E-state index in [1.165, 1.54) is 18.4 Å². The molecule has 1 aliphatic carbocycles. The van der Waals surface area contributed by atoms with Gasteiger partial charge < -0.3 is 5.32 Å². The van der Waals surface area contributed by atoms with Crippen molar-refractivity contribution in [3.8, 4) is 0 Å². The van der Waals surface area contributed by atoms with Gasteiger partial charge in [-0.25, -0.2) is 4.39 Å². The summed E-state index contributed by atoms with van der Waals surface area (Å²) in [7, 11) is 1.98. The van der Waals surface area contributed by atoms with Gasteiger partial charge in [0.05, 0.1) is 0 Å². The molecule has 0 saturated carbocycles. The number of benzene rings is 1. The van der Waals surface area contributed by atoms with Crippen LogP contribution in [-0.2, 0) is 6.42 Å². The van der Waals surface area contributed by atoms with Crippen LogP contribution in [0.3, 0.4) is 0 Å². The zero-order chi connectivity index (χ0) is 15.1. The van der Waals surface area contributed by atoms with Crippen LogP contribution in [0.1, 0.15) is 50.2 Å². The number of halogens is 1. The maximum Gasteiger partial charge on any atom is 0.131 e. The Morgan fingerprint density at radius 3 is 2.81 bits per heavy atom. The Morgan fingerprint density at radius 1 is 1.19 bits per heavy atom. The third kappa shape index (κ3) is 4.53. The zero-order valence-electron chi connectivity index (χ0n) is 13.2. The normalized spacial score (nSPS) is 14.8. The van der Waals surface area contributed by atoms with E-state index in [1.54, 1.807) is 6.07 Å². The van der Waals surface area contributed by atoms with E-state index in [-0.39, 0.29) is 5.82 Å². The van der Waals surface area contributed by atoms with Crippen LogP contribution in [0.2, 0.25) is 0 Å². The molecule has 0 radical (unpaired) electrons. The van der Waals surface area contributed by atoms with Crippen LogP contribution < -0.4 is 5.32 Å². The molecule has 0 aromatic heterocycles. The summed E-state index contributed by atoms with van der Waals surface area (Å²) in [5, 5.41) is 3.17. The van der Waals surface area contributed by atoms with Crippen LogP contribution in [-0.4, -0.2) is 13.6 Å². The van der Waals surface area contributed by atoms with Gasteiger partial charge in [-0.3, -0.25) is 0 Å². The van der Waals surface area contributed by atoms with Gasteiger partial charge in [-0.1, -0.05) is 36.3 Å². The summed E-state index contributed by atoms with van der Waals surface area (Å²) in [6.07, 6.45) is 10.9. The fourth-order valence-corrected chi connectivity index (χ4v) is 2.92. The fourth-order valence-electron chi connectivity index (χ4n) is 2.92. The summed E-state index contributed by atoms with van der Waals surface area (Å²) in [4.78, 5) is 0. The molecule has 0 atom stereocenters. The largest absolute Gasteiger partial charge is 0.320 e. The molecule has 0 spiro atoms. The van der Waals surface area contributed by atoms with Gasteiger partial charge in [-0.15, -0.1) is 0 Å². The molecule has 0 saturated heterocycles. The molecule has 1 N–H and O–H groups in total. The van der Waals surface area contributed by atoms with Gasteiger partial charge in [0, 0.05) is 5.56 Å². The number of rotatable bonds is 7. The first-order valence-corrected chi connectivity index (χ1v) is 8.02. The summed E-state index contributed by atoms with van der Waals surface area (Å²) in [5.41, 5.74) is 4.39. The van der Waals surface area contributed by atoms with Crippen LogP contribution in [0.4, 0.5) is 4.39 Å². The third-order valence-electron chi connectivity index (χ3n) is 4.07. The van der Waals surface area contributed by atoms with Gasteiger partial charge in [0.2, 0.25) is 0 Å². The standard InChI is InChI=1S/C19H26FN/c1-15-8-6-11-17(14-15)19-16(10-7-12-18(19)20)9-4-3-5-13-21-2/h7,10-12,14,21H,3-6,8-9,13H2,1-2H3. The number of hydrogen-bond acceptors (Lipinski definition) is 1. The molecule has 1 nitrogen and oxygen atoms in total. The number of allylic oxidation sites excluding steroid dienone is 4. The second-order valence-electron chi connectivity index (χ2n) is 5.88. The van der Waals surface area contributed by atoms with Crippen molar-refractivity contribution in [1.82, 2.24) is 5.32 Å². The van der Waals surface area contributed by atoms with Crippen molar-refractivity contribution in [2.24, 2.45) is 0 Å². The van der Waals surface area contributed by atoms with E-state index in [1.807, 2.05) is 13.1 Å². The molecule has 0 amide bonds. The lowest BCUT2D eigenvalue weighted by molar-refractivity contribution is 0.614. The molecular formula is C19H26FN. The molecule has 0 unspecified atom stereocenters. The first-order valence-electron chi connectivity index (χ1n) is 8.02. The van der Waals surface area contributed by atoms with E-state index < -0.39 is 0 Å². The second kappa shape index (κ2) is 8.14. The molecule has 1 aromatic carbocycles. The highest BCUT2D eigenvalue weighted by Crippen LogP contribution is 2.30. The van der Waals surface area contributed by atoms with Gasteiger partial charge in [0.1, 0.15) is 5.82 Å². The monoisotopic (exact) mass is 287 g/mol. The molecule has 0 aliphatic heterocycles. The Morgan fingerprint density at radius 2 is 2.05 bits per heavy atom. The Kier molecular flexibility index (Phi) is 6.19. The van der Waals surface area contributed by atoms with Crippen molar-refractivity contribution in [1.29, 1.82) is 0 Å². The number of unbranched alkanes of at least 4 members (excludes halogenated alkanes) is 2. The lowest BCUT2D eigenvalue weighted by atomic mass is 9.90. The average molecular weight is 287 g/mol. The van der Waals surface area contributed by atoms with Crippen LogP contribution >= 0.6 is 0 Å². The summed E-state index contributed by atoms with van der Waals surface area (Å²) in [6, 6.07) is 5.50. The highest BCUT2D eigenvalue weighted by Gasteiger charge is 2.13. The molecule has 1 aromatic rings. The van der Waals surface area contributed by atoms with Crippen molar-refractivity contribution in [2.45, 2.75) is 45.4 Å². The molecule has 2 heteroatoms. The number of nitrogens with one attached hydrogen (secondary N) is 1. The molecule has 2 rings (SSSR count). The Bertz CT molecular complexity index is 528. The highest BCUT2D eigenvalue weighted by atomic mass is 19.1. The number of aryl methyl sites for hydroxylation is 1.